The average Bonchev–Trinajstić information content (AvgIpc) is 3.26. The van der Waals surface area contributed by atoms with E-state index in [-0.39, 0.29) is 5.91 Å². The van der Waals surface area contributed by atoms with Crippen LogP contribution in [0, 0.1) is 0 Å². The van der Waals surface area contributed by atoms with E-state index >= 15 is 0 Å². The molecule has 0 radical (unpaired) electrons. The second-order valence-corrected chi connectivity index (χ2v) is 6.09. The molecular formula is C16H24ClN3O. The van der Waals surface area contributed by atoms with Crippen LogP contribution in [0.2, 0.25) is 5.02 Å². The monoisotopic (exact) mass is 309 g/mol. The lowest BCUT2D eigenvalue weighted by Crippen LogP contribution is -2.28. The molecule has 116 valence electrons. The van der Waals surface area contributed by atoms with Crippen molar-refractivity contribution >= 4 is 28.9 Å². The number of hydrogen-bond acceptors (Lipinski definition) is 3. The van der Waals surface area contributed by atoms with Crippen molar-refractivity contribution < 1.29 is 4.79 Å². The highest BCUT2D eigenvalue weighted by atomic mass is 35.5. The molecule has 0 spiro atoms. The number of rotatable bonds is 8. The summed E-state index contributed by atoms with van der Waals surface area (Å²) in [6.07, 6.45) is 5.18. The highest BCUT2D eigenvalue weighted by Gasteiger charge is 2.27. The van der Waals surface area contributed by atoms with Crippen LogP contribution in [0.4, 0.5) is 11.4 Å². The Morgan fingerprint density at radius 2 is 2.19 bits per heavy atom. The average molecular weight is 310 g/mol. The molecule has 2 rings (SSSR count). The molecule has 0 saturated heterocycles. The number of nitrogen functional groups attached to an aromatic ring is 1. The van der Waals surface area contributed by atoms with Gasteiger partial charge in [-0.3, -0.25) is 4.79 Å². The molecule has 0 aromatic heterocycles. The molecule has 21 heavy (non-hydrogen) atoms. The van der Waals surface area contributed by atoms with E-state index in [1.807, 2.05) is 0 Å². The second kappa shape index (κ2) is 7.66. The highest BCUT2D eigenvalue weighted by molar-refractivity contribution is 6.31. The van der Waals surface area contributed by atoms with Crippen LogP contribution in [0.25, 0.3) is 0 Å². The summed E-state index contributed by atoms with van der Waals surface area (Å²) in [6.45, 7) is 4.33. The quantitative estimate of drug-likeness (QED) is 0.722. The number of amides is 1. The first-order valence-corrected chi connectivity index (χ1v) is 8.07. The van der Waals surface area contributed by atoms with E-state index in [2.05, 4.69) is 17.1 Å². The molecular weight excluding hydrogens is 286 g/mol. The summed E-state index contributed by atoms with van der Waals surface area (Å²) >= 11 is 5.91. The number of carbonyl (C=O) groups excluding carboxylic acids is 1. The van der Waals surface area contributed by atoms with Crippen LogP contribution < -0.4 is 11.1 Å². The van der Waals surface area contributed by atoms with E-state index in [0.717, 1.165) is 25.6 Å². The molecule has 3 N–H and O–H groups in total. The van der Waals surface area contributed by atoms with E-state index in [9.17, 15) is 4.79 Å². The van der Waals surface area contributed by atoms with Gasteiger partial charge in [0.05, 0.1) is 11.4 Å². The molecule has 0 aliphatic heterocycles. The number of anilines is 2. The van der Waals surface area contributed by atoms with Crippen molar-refractivity contribution in [1.82, 2.24) is 4.90 Å². The van der Waals surface area contributed by atoms with Gasteiger partial charge in [-0.1, -0.05) is 18.5 Å². The molecule has 1 amide bonds. The van der Waals surface area contributed by atoms with Crippen molar-refractivity contribution in [2.45, 2.75) is 45.1 Å². The molecule has 0 heterocycles. The molecule has 1 aromatic carbocycles. The number of nitrogens with one attached hydrogen (secondary N) is 1. The van der Waals surface area contributed by atoms with Crippen LogP contribution in [0.3, 0.4) is 0 Å². The Bertz CT molecular complexity index is 488. The third-order valence-corrected chi connectivity index (χ3v) is 3.95. The van der Waals surface area contributed by atoms with Gasteiger partial charge in [0.2, 0.25) is 5.91 Å². The SMILES string of the molecule is CCCN(CCCC(=O)Nc1cc(Cl)ccc1N)C1CC1. The van der Waals surface area contributed by atoms with Crippen LogP contribution >= 0.6 is 11.6 Å². The Morgan fingerprint density at radius 3 is 2.86 bits per heavy atom. The van der Waals surface area contributed by atoms with E-state index < -0.39 is 0 Å². The molecule has 1 aliphatic carbocycles. The van der Waals surface area contributed by atoms with E-state index in [1.165, 1.54) is 19.3 Å². The molecule has 0 unspecified atom stereocenters. The molecule has 1 saturated carbocycles. The maximum atomic E-state index is 12.0. The number of nitrogens with two attached hydrogens (primary N) is 1. The first kappa shape index (κ1) is 16.1. The van der Waals surface area contributed by atoms with Gasteiger partial charge in [-0.05, 0) is 57.0 Å². The summed E-state index contributed by atoms with van der Waals surface area (Å²) < 4.78 is 0. The van der Waals surface area contributed by atoms with Crippen molar-refractivity contribution in [3.63, 3.8) is 0 Å². The van der Waals surface area contributed by atoms with Gasteiger partial charge in [0.25, 0.3) is 0 Å². The Hall–Kier alpha value is -1.26. The van der Waals surface area contributed by atoms with Gasteiger partial charge in [0, 0.05) is 17.5 Å². The Labute approximate surface area is 131 Å². The topological polar surface area (TPSA) is 58.4 Å². The van der Waals surface area contributed by atoms with Crippen LogP contribution in [-0.2, 0) is 4.79 Å². The fourth-order valence-electron chi connectivity index (χ4n) is 2.50. The van der Waals surface area contributed by atoms with Crippen molar-refractivity contribution in [2.75, 3.05) is 24.1 Å². The third kappa shape index (κ3) is 5.21. The van der Waals surface area contributed by atoms with E-state index in [1.54, 1.807) is 18.2 Å². The van der Waals surface area contributed by atoms with Gasteiger partial charge < -0.3 is 16.0 Å². The summed E-state index contributed by atoms with van der Waals surface area (Å²) in [5.74, 6) is -0.00351. The minimum atomic E-state index is -0.00351. The zero-order chi connectivity index (χ0) is 15.2. The maximum Gasteiger partial charge on any atom is 0.224 e. The molecule has 0 atom stereocenters. The smallest absolute Gasteiger partial charge is 0.224 e. The van der Waals surface area contributed by atoms with Crippen molar-refractivity contribution in [3.05, 3.63) is 23.2 Å². The highest BCUT2D eigenvalue weighted by Crippen LogP contribution is 2.27. The fourth-order valence-corrected chi connectivity index (χ4v) is 2.67. The number of hydrogen-bond donors (Lipinski definition) is 2. The van der Waals surface area contributed by atoms with Crippen molar-refractivity contribution in [1.29, 1.82) is 0 Å². The summed E-state index contributed by atoms with van der Waals surface area (Å²) in [5.41, 5.74) is 6.96. The number of nitrogens with zero attached hydrogens (tertiary/aromatic N) is 1. The molecule has 1 aliphatic rings. The minimum Gasteiger partial charge on any atom is -0.397 e. The zero-order valence-electron chi connectivity index (χ0n) is 12.6. The zero-order valence-corrected chi connectivity index (χ0v) is 13.3. The van der Waals surface area contributed by atoms with Crippen molar-refractivity contribution in [2.24, 2.45) is 0 Å². The van der Waals surface area contributed by atoms with Gasteiger partial charge >= 0.3 is 0 Å². The lowest BCUT2D eigenvalue weighted by molar-refractivity contribution is -0.116. The number of halogens is 1. The van der Waals surface area contributed by atoms with Gasteiger partial charge in [-0.15, -0.1) is 0 Å². The summed E-state index contributed by atoms with van der Waals surface area (Å²) in [7, 11) is 0. The van der Waals surface area contributed by atoms with E-state index in [0.29, 0.717) is 22.8 Å². The van der Waals surface area contributed by atoms with Gasteiger partial charge in [-0.2, -0.15) is 0 Å². The Balaban J connectivity index is 1.75. The molecule has 0 bridgehead atoms. The van der Waals surface area contributed by atoms with E-state index in [4.69, 9.17) is 17.3 Å². The first-order valence-electron chi connectivity index (χ1n) is 7.69. The molecule has 1 fully saturated rings. The largest absolute Gasteiger partial charge is 0.397 e. The summed E-state index contributed by atoms with van der Waals surface area (Å²) in [6, 6.07) is 5.86. The molecule has 4 nitrogen and oxygen atoms in total. The van der Waals surface area contributed by atoms with Crippen molar-refractivity contribution in [3.8, 4) is 0 Å². The predicted molar refractivity (Wildman–Crippen MR) is 88.6 cm³/mol. The predicted octanol–water partition coefficient (Wildman–Crippen LogP) is 3.52. The summed E-state index contributed by atoms with van der Waals surface area (Å²) in [4.78, 5) is 14.5. The molecule has 5 heteroatoms. The van der Waals surface area contributed by atoms with Gasteiger partial charge in [0.1, 0.15) is 0 Å². The molecule has 1 aromatic rings. The van der Waals surface area contributed by atoms with Crippen LogP contribution in [-0.4, -0.2) is 29.9 Å². The second-order valence-electron chi connectivity index (χ2n) is 5.65. The van der Waals surface area contributed by atoms with Crippen LogP contribution in [0.5, 0.6) is 0 Å². The van der Waals surface area contributed by atoms with Gasteiger partial charge in [-0.25, -0.2) is 0 Å². The lowest BCUT2D eigenvalue weighted by atomic mass is 10.2. The fraction of sp³-hybridized carbons (Fsp3) is 0.562. The van der Waals surface area contributed by atoms with Crippen LogP contribution in [0.1, 0.15) is 39.0 Å². The number of benzene rings is 1. The Morgan fingerprint density at radius 1 is 1.43 bits per heavy atom. The minimum absolute atomic E-state index is 0.00351. The summed E-state index contributed by atoms with van der Waals surface area (Å²) in [5, 5.41) is 3.41. The standard InChI is InChI=1S/C16H24ClN3O/c1-2-9-20(13-6-7-13)10-3-4-16(21)19-15-11-12(17)5-8-14(15)18/h5,8,11,13H,2-4,6-7,9-10,18H2,1H3,(H,19,21). The third-order valence-electron chi connectivity index (χ3n) is 3.71. The normalized spacial score (nSPS) is 14.4. The van der Waals surface area contributed by atoms with Crippen LogP contribution in [0.15, 0.2) is 18.2 Å². The number of carbonyl (C=O) groups is 1. The van der Waals surface area contributed by atoms with Gasteiger partial charge in [0.15, 0.2) is 0 Å². The first-order chi connectivity index (χ1) is 10.1. The maximum absolute atomic E-state index is 12.0. The Kier molecular flexibility index (Phi) is 5.88. The lowest BCUT2D eigenvalue weighted by Gasteiger charge is -2.20.